The van der Waals surface area contributed by atoms with Crippen LogP contribution in [0.2, 0.25) is 0 Å². The maximum Gasteiger partial charge on any atom is 0.273 e. The van der Waals surface area contributed by atoms with Crippen LogP contribution >= 0.6 is 15.9 Å². The largest absolute Gasteiger partial charge is 0.364 e. The Labute approximate surface area is 187 Å². The van der Waals surface area contributed by atoms with Crippen molar-refractivity contribution in [2.75, 3.05) is 24.2 Å². The first-order valence-electron chi connectivity index (χ1n) is 9.51. The van der Waals surface area contributed by atoms with Gasteiger partial charge in [-0.2, -0.15) is 10.2 Å². The molecule has 1 aromatic heterocycles. The smallest absolute Gasteiger partial charge is 0.273 e. The number of halogens is 1. The summed E-state index contributed by atoms with van der Waals surface area (Å²) in [6.45, 7) is 1.87. The van der Waals surface area contributed by atoms with Crippen LogP contribution in [0.1, 0.15) is 27.2 Å². The number of nitriles is 1. The highest BCUT2D eigenvalue weighted by Gasteiger charge is 2.18. The van der Waals surface area contributed by atoms with Crippen molar-refractivity contribution in [2.24, 2.45) is 5.73 Å². The summed E-state index contributed by atoms with van der Waals surface area (Å²) in [5.41, 5.74) is 9.70. The minimum absolute atomic E-state index is 0.0962. The van der Waals surface area contributed by atoms with Crippen molar-refractivity contribution in [3.05, 3.63) is 63.3 Å². The molecule has 1 aliphatic rings. The highest BCUT2D eigenvalue weighted by molar-refractivity contribution is 9.10. The van der Waals surface area contributed by atoms with Gasteiger partial charge in [0.25, 0.3) is 5.91 Å². The van der Waals surface area contributed by atoms with Crippen LogP contribution in [0.25, 0.3) is 0 Å². The lowest BCUT2D eigenvalue weighted by Crippen LogP contribution is -2.26. The van der Waals surface area contributed by atoms with Gasteiger partial charge < -0.3 is 21.3 Å². The number of benzene rings is 2. The number of primary amides is 1. The molecule has 0 atom stereocenters. The Morgan fingerprint density at radius 2 is 2.06 bits per heavy atom. The van der Waals surface area contributed by atoms with E-state index < -0.39 is 5.91 Å². The molecule has 31 heavy (non-hydrogen) atoms. The van der Waals surface area contributed by atoms with Crippen molar-refractivity contribution in [3.8, 4) is 6.07 Å². The molecule has 0 radical (unpaired) electrons. The van der Waals surface area contributed by atoms with Gasteiger partial charge in [-0.15, -0.1) is 10.2 Å². The molecule has 0 fully saturated rings. The van der Waals surface area contributed by atoms with Crippen molar-refractivity contribution in [3.63, 3.8) is 0 Å². The number of hydrogen-bond donors (Lipinski definition) is 3. The minimum Gasteiger partial charge on any atom is -0.364 e. The summed E-state index contributed by atoms with van der Waals surface area (Å²) in [5, 5.41) is 23.2. The third-order valence-corrected chi connectivity index (χ3v) is 5.61. The van der Waals surface area contributed by atoms with Gasteiger partial charge in [0.15, 0.2) is 11.5 Å². The number of aromatic nitrogens is 3. The van der Waals surface area contributed by atoms with E-state index in [1.807, 2.05) is 6.07 Å². The molecule has 4 rings (SSSR count). The SMILES string of the molecule is CN1CCc2c(Br)cc(Nc3nnc(C(N)=O)c(Nc4cccc(C#N)c4)n3)cc2C1. The van der Waals surface area contributed by atoms with Gasteiger partial charge in [-0.1, -0.05) is 22.0 Å². The van der Waals surface area contributed by atoms with Crippen molar-refractivity contribution in [1.29, 1.82) is 5.26 Å². The maximum atomic E-state index is 11.8. The molecule has 1 amide bonds. The zero-order valence-electron chi connectivity index (χ0n) is 16.7. The predicted octanol–water partition coefficient (Wildman–Crippen LogP) is 3.08. The summed E-state index contributed by atoms with van der Waals surface area (Å²) in [5.74, 6) is -0.401. The summed E-state index contributed by atoms with van der Waals surface area (Å²) in [6, 6.07) is 12.9. The summed E-state index contributed by atoms with van der Waals surface area (Å²) in [7, 11) is 2.09. The highest BCUT2D eigenvalue weighted by atomic mass is 79.9. The zero-order valence-corrected chi connectivity index (χ0v) is 18.3. The van der Waals surface area contributed by atoms with E-state index in [2.05, 4.69) is 65.8 Å². The second kappa shape index (κ2) is 8.67. The number of amides is 1. The molecule has 0 spiro atoms. The molecule has 0 aliphatic carbocycles. The van der Waals surface area contributed by atoms with Gasteiger partial charge in [0, 0.05) is 28.9 Å². The van der Waals surface area contributed by atoms with Crippen LogP contribution in [-0.4, -0.2) is 39.6 Å². The third-order valence-electron chi connectivity index (χ3n) is 4.90. The van der Waals surface area contributed by atoms with Gasteiger partial charge in [0.05, 0.1) is 11.6 Å². The molecule has 1 aliphatic heterocycles. The first-order chi connectivity index (χ1) is 14.9. The topological polar surface area (TPSA) is 133 Å². The van der Waals surface area contributed by atoms with Crippen molar-refractivity contribution in [2.45, 2.75) is 13.0 Å². The molecule has 0 saturated heterocycles. The maximum absolute atomic E-state index is 11.8. The van der Waals surface area contributed by atoms with Gasteiger partial charge in [-0.25, -0.2) is 0 Å². The van der Waals surface area contributed by atoms with Crippen molar-refractivity contribution in [1.82, 2.24) is 20.1 Å². The number of anilines is 4. The lowest BCUT2D eigenvalue weighted by atomic mass is 9.99. The highest BCUT2D eigenvalue weighted by Crippen LogP contribution is 2.31. The minimum atomic E-state index is -0.759. The normalized spacial score (nSPS) is 13.2. The van der Waals surface area contributed by atoms with E-state index in [9.17, 15) is 4.79 Å². The second-order valence-corrected chi connectivity index (χ2v) is 8.08. The molecule has 2 aromatic carbocycles. The monoisotopic (exact) mass is 478 g/mol. The average Bonchev–Trinajstić information content (AvgIpc) is 2.73. The number of carbonyl (C=O) groups excluding carboxylic acids is 1. The molecular weight excluding hydrogens is 460 g/mol. The molecule has 156 valence electrons. The van der Waals surface area contributed by atoms with Crippen molar-refractivity contribution < 1.29 is 4.79 Å². The number of fused-ring (bicyclic) bond motifs is 1. The van der Waals surface area contributed by atoms with E-state index in [4.69, 9.17) is 11.0 Å². The summed E-state index contributed by atoms with van der Waals surface area (Å²) in [6.07, 6.45) is 0.980. The van der Waals surface area contributed by atoms with Crippen molar-refractivity contribution >= 4 is 45.0 Å². The lowest BCUT2D eigenvalue weighted by Gasteiger charge is -2.26. The molecule has 0 unspecified atom stereocenters. The Morgan fingerprint density at radius 1 is 1.23 bits per heavy atom. The Balaban J connectivity index is 1.65. The lowest BCUT2D eigenvalue weighted by molar-refractivity contribution is 0.0995. The fourth-order valence-electron chi connectivity index (χ4n) is 3.42. The number of nitrogens with zero attached hydrogens (tertiary/aromatic N) is 5. The summed E-state index contributed by atoms with van der Waals surface area (Å²) in [4.78, 5) is 18.4. The number of nitrogens with one attached hydrogen (secondary N) is 2. The fourth-order valence-corrected chi connectivity index (χ4v) is 4.12. The summed E-state index contributed by atoms with van der Waals surface area (Å²) >= 11 is 3.65. The van der Waals surface area contributed by atoms with E-state index in [1.54, 1.807) is 24.3 Å². The molecule has 2 heterocycles. The predicted molar refractivity (Wildman–Crippen MR) is 120 cm³/mol. The van der Waals surface area contributed by atoms with Crippen LogP contribution in [0.15, 0.2) is 40.9 Å². The Hall–Kier alpha value is -3.55. The van der Waals surface area contributed by atoms with Crippen LogP contribution in [0, 0.1) is 11.3 Å². The van der Waals surface area contributed by atoms with Gasteiger partial charge in [0.1, 0.15) is 0 Å². The number of carbonyl (C=O) groups is 1. The number of hydrogen-bond acceptors (Lipinski definition) is 8. The molecule has 9 nitrogen and oxygen atoms in total. The fraction of sp³-hybridized carbons (Fsp3) is 0.190. The van der Waals surface area contributed by atoms with Crippen LogP contribution in [-0.2, 0) is 13.0 Å². The number of likely N-dealkylation sites (N-methyl/N-ethyl adjacent to an activating group) is 1. The van der Waals surface area contributed by atoms with E-state index in [0.717, 1.165) is 29.7 Å². The summed E-state index contributed by atoms with van der Waals surface area (Å²) < 4.78 is 1.02. The van der Waals surface area contributed by atoms with Crippen LogP contribution in [0.5, 0.6) is 0 Å². The Morgan fingerprint density at radius 3 is 2.84 bits per heavy atom. The molecule has 10 heteroatoms. The van der Waals surface area contributed by atoms with E-state index >= 15 is 0 Å². The van der Waals surface area contributed by atoms with Crippen LogP contribution in [0.3, 0.4) is 0 Å². The Kier molecular flexibility index (Phi) is 5.79. The van der Waals surface area contributed by atoms with E-state index in [1.165, 1.54) is 11.1 Å². The molecule has 3 aromatic rings. The molecular formula is C21H19BrN8O. The first kappa shape index (κ1) is 20.7. The van der Waals surface area contributed by atoms with Gasteiger partial charge in [-0.3, -0.25) is 4.79 Å². The Bertz CT molecular complexity index is 1210. The quantitative estimate of drug-likeness (QED) is 0.509. The van der Waals surface area contributed by atoms with Crippen LogP contribution < -0.4 is 16.4 Å². The average molecular weight is 479 g/mol. The van der Waals surface area contributed by atoms with E-state index in [0.29, 0.717) is 11.3 Å². The number of nitrogens with two attached hydrogens (primary N) is 1. The zero-order chi connectivity index (χ0) is 22.0. The standard InChI is InChI=1S/C21H19BrN8O/c1-30-6-5-16-13(11-30)8-15(9-17(16)22)26-21-27-20(18(19(24)31)28-29-21)25-14-4-2-3-12(7-14)10-23/h2-4,7-9H,5-6,11H2,1H3,(H2,24,31)(H2,25,26,27,29). The molecule has 4 N–H and O–H groups in total. The third kappa shape index (κ3) is 4.63. The molecule has 0 bridgehead atoms. The van der Waals surface area contributed by atoms with E-state index in [-0.39, 0.29) is 17.5 Å². The van der Waals surface area contributed by atoms with Crippen LogP contribution in [0.4, 0.5) is 23.1 Å². The van der Waals surface area contributed by atoms with Gasteiger partial charge >= 0.3 is 0 Å². The molecule has 0 saturated carbocycles. The number of rotatable bonds is 5. The second-order valence-electron chi connectivity index (χ2n) is 7.22. The van der Waals surface area contributed by atoms with Gasteiger partial charge in [-0.05, 0) is 54.9 Å². The first-order valence-corrected chi connectivity index (χ1v) is 10.3. The van der Waals surface area contributed by atoms with Gasteiger partial charge in [0.2, 0.25) is 5.95 Å².